The molecule has 2 aromatic rings. The van der Waals surface area contributed by atoms with Gasteiger partial charge in [0.25, 0.3) is 0 Å². The van der Waals surface area contributed by atoms with Crippen LogP contribution in [0.15, 0.2) is 54.2 Å². The number of rotatable bonds is 4. The second-order valence-electron chi connectivity index (χ2n) is 5.74. The van der Waals surface area contributed by atoms with Gasteiger partial charge in [-0.05, 0) is 17.7 Å². The summed E-state index contributed by atoms with van der Waals surface area (Å²) < 4.78 is 5.45. The Morgan fingerprint density at radius 2 is 1.88 bits per heavy atom. The molecule has 5 N–H and O–H groups in total. The largest absolute Gasteiger partial charge is 0.396 e. The molecular formula is C19H21N5O. The van der Waals surface area contributed by atoms with E-state index in [0.717, 1.165) is 43.0 Å². The second kappa shape index (κ2) is 7.71. The highest BCUT2D eigenvalue weighted by molar-refractivity contribution is 5.81. The van der Waals surface area contributed by atoms with Crippen LogP contribution in [-0.4, -0.2) is 26.3 Å². The molecule has 2 aromatic carbocycles. The third-order valence-electron chi connectivity index (χ3n) is 4.27. The van der Waals surface area contributed by atoms with Crippen molar-refractivity contribution in [1.29, 1.82) is 5.26 Å². The maximum atomic E-state index is 9.11. The van der Waals surface area contributed by atoms with Gasteiger partial charge in [-0.3, -0.25) is 0 Å². The van der Waals surface area contributed by atoms with Crippen LogP contribution >= 0.6 is 0 Å². The van der Waals surface area contributed by atoms with Gasteiger partial charge < -0.3 is 20.8 Å². The molecule has 0 aromatic heterocycles. The molecule has 0 atom stereocenters. The van der Waals surface area contributed by atoms with Crippen molar-refractivity contribution in [2.75, 3.05) is 31.2 Å². The molecule has 0 radical (unpaired) electrons. The first-order valence-electron chi connectivity index (χ1n) is 8.13. The lowest BCUT2D eigenvalue weighted by atomic mass is 9.99. The summed E-state index contributed by atoms with van der Waals surface area (Å²) in [6.45, 7) is 3.21. The van der Waals surface area contributed by atoms with Crippen LogP contribution in [0.1, 0.15) is 5.56 Å². The van der Waals surface area contributed by atoms with Crippen molar-refractivity contribution < 1.29 is 4.74 Å². The molecule has 3 rings (SSSR count). The van der Waals surface area contributed by atoms with E-state index in [1.807, 2.05) is 42.5 Å². The summed E-state index contributed by atoms with van der Waals surface area (Å²) in [6, 6.07) is 18.1. The van der Waals surface area contributed by atoms with Crippen molar-refractivity contribution in [1.82, 2.24) is 5.43 Å². The van der Waals surface area contributed by atoms with Gasteiger partial charge in [-0.25, -0.2) is 5.84 Å². The second-order valence-corrected chi connectivity index (χ2v) is 5.74. The van der Waals surface area contributed by atoms with E-state index in [0.29, 0.717) is 5.70 Å². The molecule has 0 saturated carbocycles. The SMILES string of the molecule is N#C/C(NN)=C(/N)c1cccc(-c2ccccc2N2CCOCC2)c1. The molecule has 1 fully saturated rings. The molecule has 0 aliphatic carbocycles. The van der Waals surface area contributed by atoms with E-state index >= 15 is 0 Å². The van der Waals surface area contributed by atoms with Gasteiger partial charge in [-0.15, -0.1) is 0 Å². The van der Waals surface area contributed by atoms with Crippen molar-refractivity contribution in [3.05, 3.63) is 59.8 Å². The van der Waals surface area contributed by atoms with Crippen molar-refractivity contribution >= 4 is 11.4 Å². The van der Waals surface area contributed by atoms with Crippen molar-refractivity contribution in [2.45, 2.75) is 0 Å². The van der Waals surface area contributed by atoms with E-state index in [1.165, 1.54) is 5.69 Å². The van der Waals surface area contributed by atoms with Gasteiger partial charge in [-0.2, -0.15) is 5.26 Å². The highest BCUT2D eigenvalue weighted by Crippen LogP contribution is 2.32. The minimum atomic E-state index is 0.151. The van der Waals surface area contributed by atoms with Gasteiger partial charge >= 0.3 is 0 Å². The standard InChI is InChI=1S/C19H21N5O/c20-13-17(23-22)19(21)15-5-3-4-14(12-15)16-6-1-2-7-18(16)24-8-10-25-11-9-24/h1-7,12,23H,8-11,21-22H2/b19-17-. The topological polar surface area (TPSA) is 100 Å². The summed E-state index contributed by atoms with van der Waals surface area (Å²) in [5, 5.41) is 9.11. The van der Waals surface area contributed by atoms with Crippen LogP contribution in [-0.2, 0) is 4.74 Å². The lowest BCUT2D eigenvalue weighted by molar-refractivity contribution is 0.123. The molecule has 1 aliphatic rings. The summed E-state index contributed by atoms with van der Waals surface area (Å²) in [6.07, 6.45) is 0. The number of hydrogen-bond donors (Lipinski definition) is 3. The molecular weight excluding hydrogens is 314 g/mol. The van der Waals surface area contributed by atoms with E-state index in [1.54, 1.807) is 0 Å². The number of nitrogens with two attached hydrogens (primary N) is 2. The number of ether oxygens (including phenoxy) is 1. The Morgan fingerprint density at radius 3 is 2.60 bits per heavy atom. The van der Waals surface area contributed by atoms with Gasteiger partial charge in [0.05, 0.1) is 18.9 Å². The van der Waals surface area contributed by atoms with Crippen LogP contribution in [0.4, 0.5) is 5.69 Å². The minimum absolute atomic E-state index is 0.151. The molecule has 0 unspecified atom stereocenters. The zero-order valence-corrected chi connectivity index (χ0v) is 13.9. The van der Waals surface area contributed by atoms with E-state index in [9.17, 15) is 0 Å². The number of nitrogens with one attached hydrogen (secondary N) is 1. The van der Waals surface area contributed by atoms with Crippen LogP contribution in [0.5, 0.6) is 0 Å². The molecule has 1 aliphatic heterocycles. The van der Waals surface area contributed by atoms with Gasteiger partial charge in [0.1, 0.15) is 6.07 Å². The predicted octanol–water partition coefficient (Wildman–Crippen LogP) is 1.80. The number of nitrogens with zero attached hydrogens (tertiary/aromatic N) is 2. The number of morpholine rings is 1. The van der Waals surface area contributed by atoms with Gasteiger partial charge in [0.15, 0.2) is 5.70 Å². The summed E-state index contributed by atoms with van der Waals surface area (Å²) in [5.41, 5.74) is 13.0. The van der Waals surface area contributed by atoms with Crippen LogP contribution < -0.4 is 21.9 Å². The average Bonchev–Trinajstić information content (AvgIpc) is 2.69. The van der Waals surface area contributed by atoms with Gasteiger partial charge in [-0.1, -0.05) is 36.4 Å². The fraction of sp³-hybridized carbons (Fsp3) is 0.211. The Kier molecular flexibility index (Phi) is 5.19. The number of benzene rings is 2. The molecule has 0 bridgehead atoms. The highest BCUT2D eigenvalue weighted by Gasteiger charge is 2.16. The Labute approximate surface area is 147 Å². The van der Waals surface area contributed by atoms with Gasteiger partial charge in [0.2, 0.25) is 0 Å². The Morgan fingerprint density at radius 1 is 1.12 bits per heavy atom. The number of allylic oxidation sites excluding steroid dienone is 1. The fourth-order valence-corrected chi connectivity index (χ4v) is 2.97. The number of para-hydroxylation sites is 1. The quantitative estimate of drug-likeness (QED) is 0.447. The number of hydrogen-bond acceptors (Lipinski definition) is 6. The number of hydrazine groups is 1. The zero-order chi connectivity index (χ0) is 17.6. The Hall–Kier alpha value is -3.01. The van der Waals surface area contributed by atoms with E-state index in [4.69, 9.17) is 21.6 Å². The molecule has 6 heteroatoms. The first-order valence-corrected chi connectivity index (χ1v) is 8.13. The average molecular weight is 335 g/mol. The molecule has 1 saturated heterocycles. The van der Waals surface area contributed by atoms with Crippen molar-refractivity contribution in [3.8, 4) is 17.2 Å². The molecule has 0 amide bonds. The normalized spacial score (nSPS) is 15.3. The maximum absolute atomic E-state index is 9.11. The lowest BCUT2D eigenvalue weighted by Crippen LogP contribution is -2.36. The van der Waals surface area contributed by atoms with E-state index in [2.05, 4.69) is 22.5 Å². The first-order chi connectivity index (χ1) is 12.2. The zero-order valence-electron chi connectivity index (χ0n) is 13.9. The summed E-state index contributed by atoms with van der Waals surface area (Å²) >= 11 is 0. The summed E-state index contributed by atoms with van der Waals surface area (Å²) in [4.78, 5) is 2.33. The van der Waals surface area contributed by atoms with E-state index in [-0.39, 0.29) is 5.70 Å². The lowest BCUT2D eigenvalue weighted by Gasteiger charge is -2.30. The highest BCUT2D eigenvalue weighted by atomic mass is 16.5. The molecule has 128 valence electrons. The minimum Gasteiger partial charge on any atom is -0.396 e. The molecule has 25 heavy (non-hydrogen) atoms. The monoisotopic (exact) mass is 335 g/mol. The first kappa shape index (κ1) is 16.8. The number of anilines is 1. The third kappa shape index (κ3) is 3.58. The smallest absolute Gasteiger partial charge is 0.151 e. The molecule has 6 nitrogen and oxygen atoms in total. The van der Waals surface area contributed by atoms with Crippen LogP contribution in [0.2, 0.25) is 0 Å². The third-order valence-corrected chi connectivity index (χ3v) is 4.27. The summed E-state index contributed by atoms with van der Waals surface area (Å²) in [5.74, 6) is 5.36. The van der Waals surface area contributed by atoms with Crippen molar-refractivity contribution in [2.24, 2.45) is 11.6 Å². The van der Waals surface area contributed by atoms with Gasteiger partial charge in [0, 0.05) is 29.9 Å². The maximum Gasteiger partial charge on any atom is 0.151 e. The predicted molar refractivity (Wildman–Crippen MR) is 99.0 cm³/mol. The fourth-order valence-electron chi connectivity index (χ4n) is 2.97. The Balaban J connectivity index is 2.02. The van der Waals surface area contributed by atoms with E-state index < -0.39 is 0 Å². The molecule has 0 spiro atoms. The van der Waals surface area contributed by atoms with Crippen LogP contribution in [0.25, 0.3) is 16.8 Å². The van der Waals surface area contributed by atoms with Crippen LogP contribution in [0, 0.1) is 11.3 Å². The van der Waals surface area contributed by atoms with Crippen LogP contribution in [0.3, 0.4) is 0 Å². The van der Waals surface area contributed by atoms with Crippen molar-refractivity contribution in [3.63, 3.8) is 0 Å². The Bertz CT molecular complexity index is 819. The summed E-state index contributed by atoms with van der Waals surface area (Å²) in [7, 11) is 0. The number of nitriles is 1. The molecule has 1 heterocycles.